The SMILES string of the molecule is CC(C)=CCC/C(C)=C/Cc1c(O)c(O)c2oc3c([C@H]4c5c(cc(O)c6c(=O)c7c(CC=C(C)C)c(CC=C(C)C)c(O)c(O)c7oc56)O[C@@H]4C(C)(C)O)c(O)cc(O)c3c(=O)c2c1CC=C(C)C. The van der Waals surface area contributed by atoms with Crippen LogP contribution < -0.4 is 15.6 Å². The normalized spacial score (nSPS) is 14.9. The quantitative estimate of drug-likeness (QED) is 0.0306. The highest BCUT2D eigenvalue weighted by atomic mass is 16.5. The van der Waals surface area contributed by atoms with Gasteiger partial charge in [-0.2, -0.15) is 0 Å². The molecule has 13 heteroatoms. The first-order valence-corrected chi connectivity index (χ1v) is 23.1. The van der Waals surface area contributed by atoms with E-state index >= 15 is 9.59 Å². The molecular formula is C56H62O13. The molecule has 13 nitrogen and oxygen atoms in total. The number of fused-ring (bicyclic) bond motifs is 6. The summed E-state index contributed by atoms with van der Waals surface area (Å²) in [6.45, 7) is 20.1. The number of rotatable bonds is 13. The standard InChI is InChI=1S/C56H62O13/c1-25(2)13-12-14-29(9)18-22-33-31(20-16-27(5)6)39-47(62)41-35(58)23-34(57)40(51(41)68-53(39)50(65)46(33)61)44-43-37(67-55(44)56(10,11)66)24-36(59)42-48(63)38-30(19-15-26(3)4)32(21-17-28(7)8)45(60)49(64)54(38)69-52(42)43/h13,15-18,23-24,44,55,57-61,64-66H,12,14,19-22H2,1-11H3/b29-18+/t44-,55-/m0/s1. The number of aromatic hydroxyl groups is 7. The number of allylic oxidation sites excluding steroid dienone is 10. The van der Waals surface area contributed by atoms with Gasteiger partial charge < -0.3 is 54.4 Å². The average Bonchev–Trinajstić information content (AvgIpc) is 3.63. The zero-order valence-corrected chi connectivity index (χ0v) is 41.1. The van der Waals surface area contributed by atoms with Gasteiger partial charge in [0.05, 0.1) is 22.3 Å². The Morgan fingerprint density at radius 2 is 0.942 bits per heavy atom. The molecule has 4 aromatic carbocycles. The maximum Gasteiger partial charge on any atom is 0.204 e. The summed E-state index contributed by atoms with van der Waals surface area (Å²) in [5, 5.41) is 92.9. The molecular weight excluding hydrogens is 881 g/mol. The highest BCUT2D eigenvalue weighted by Crippen LogP contribution is 2.56. The van der Waals surface area contributed by atoms with Crippen LogP contribution in [0.15, 0.2) is 88.8 Å². The van der Waals surface area contributed by atoms with Crippen molar-refractivity contribution >= 4 is 43.9 Å². The Kier molecular flexibility index (Phi) is 13.5. The smallest absolute Gasteiger partial charge is 0.204 e. The van der Waals surface area contributed by atoms with Crippen molar-refractivity contribution in [3.8, 4) is 46.0 Å². The molecule has 0 bridgehead atoms. The molecule has 2 aromatic heterocycles. The fraction of sp³-hybridized carbons (Fsp3) is 0.357. The van der Waals surface area contributed by atoms with E-state index in [1.54, 1.807) is 0 Å². The summed E-state index contributed by atoms with van der Waals surface area (Å²) in [6, 6.07) is 2.11. The van der Waals surface area contributed by atoms with Gasteiger partial charge in [-0.1, -0.05) is 58.2 Å². The molecule has 0 saturated heterocycles. The second-order valence-electron chi connectivity index (χ2n) is 19.8. The molecule has 1 aliphatic rings. The lowest BCUT2D eigenvalue weighted by atomic mass is 9.79. The molecule has 3 heterocycles. The van der Waals surface area contributed by atoms with Gasteiger partial charge in [-0.3, -0.25) is 9.59 Å². The van der Waals surface area contributed by atoms with E-state index < -0.39 is 90.9 Å². The zero-order valence-electron chi connectivity index (χ0n) is 41.1. The highest BCUT2D eigenvalue weighted by molar-refractivity contribution is 6.03. The Hall–Kier alpha value is -7.12. The van der Waals surface area contributed by atoms with Crippen molar-refractivity contribution in [2.45, 2.75) is 132 Å². The second kappa shape index (κ2) is 18.8. The van der Waals surface area contributed by atoms with Crippen LogP contribution in [0.2, 0.25) is 0 Å². The predicted octanol–water partition coefficient (Wildman–Crippen LogP) is 11.6. The molecule has 0 aliphatic carbocycles. The second-order valence-corrected chi connectivity index (χ2v) is 19.8. The fourth-order valence-electron chi connectivity index (χ4n) is 9.34. The Labute approximate surface area is 399 Å². The monoisotopic (exact) mass is 942 g/mol. The number of ether oxygens (including phenoxy) is 1. The molecule has 0 radical (unpaired) electrons. The summed E-state index contributed by atoms with van der Waals surface area (Å²) in [5.74, 6) is -6.02. The van der Waals surface area contributed by atoms with Gasteiger partial charge in [0.25, 0.3) is 0 Å². The van der Waals surface area contributed by atoms with Crippen LogP contribution in [0, 0.1) is 0 Å². The maximum atomic E-state index is 15.1. The van der Waals surface area contributed by atoms with E-state index in [2.05, 4.69) is 6.08 Å². The van der Waals surface area contributed by atoms with Crippen LogP contribution in [-0.4, -0.2) is 52.6 Å². The predicted molar refractivity (Wildman–Crippen MR) is 270 cm³/mol. The van der Waals surface area contributed by atoms with Crippen molar-refractivity contribution in [2.24, 2.45) is 0 Å². The number of aliphatic hydroxyl groups is 1. The molecule has 7 rings (SSSR count). The molecule has 0 saturated carbocycles. The van der Waals surface area contributed by atoms with Gasteiger partial charge in [0.15, 0.2) is 22.7 Å². The summed E-state index contributed by atoms with van der Waals surface area (Å²) in [5.41, 5.74) is 0.898. The third-order valence-electron chi connectivity index (χ3n) is 12.9. The molecule has 1 aliphatic heterocycles. The Bertz CT molecular complexity index is 3380. The lowest BCUT2D eigenvalue weighted by Crippen LogP contribution is -2.42. The first kappa shape index (κ1) is 49.8. The molecule has 0 spiro atoms. The molecule has 0 fully saturated rings. The minimum Gasteiger partial charge on any atom is -0.507 e. The van der Waals surface area contributed by atoms with Crippen molar-refractivity contribution in [1.82, 2.24) is 0 Å². The summed E-state index contributed by atoms with van der Waals surface area (Å²) in [7, 11) is 0. The first-order valence-electron chi connectivity index (χ1n) is 23.1. The van der Waals surface area contributed by atoms with Crippen LogP contribution in [0.5, 0.6) is 46.0 Å². The molecule has 0 unspecified atom stereocenters. The summed E-state index contributed by atoms with van der Waals surface area (Å²) in [4.78, 5) is 30.1. The minimum atomic E-state index is -1.81. The maximum absolute atomic E-state index is 15.1. The summed E-state index contributed by atoms with van der Waals surface area (Å²) < 4.78 is 19.3. The van der Waals surface area contributed by atoms with Gasteiger partial charge >= 0.3 is 0 Å². The van der Waals surface area contributed by atoms with E-state index in [1.807, 2.05) is 86.6 Å². The first-order chi connectivity index (χ1) is 32.3. The number of phenolic OH excluding ortho intramolecular Hbond substituents is 7. The van der Waals surface area contributed by atoms with Crippen molar-refractivity contribution in [2.75, 3.05) is 0 Å². The average molecular weight is 943 g/mol. The molecule has 8 N–H and O–H groups in total. The third-order valence-corrected chi connectivity index (χ3v) is 12.9. The lowest BCUT2D eigenvalue weighted by molar-refractivity contribution is -0.0297. The minimum absolute atomic E-state index is 0.0317. The third kappa shape index (κ3) is 9.03. The topological polar surface area (TPSA) is 231 Å². The van der Waals surface area contributed by atoms with Crippen LogP contribution in [0.3, 0.4) is 0 Å². The van der Waals surface area contributed by atoms with E-state index in [9.17, 15) is 40.9 Å². The van der Waals surface area contributed by atoms with Gasteiger partial charge in [0.2, 0.25) is 22.4 Å². The van der Waals surface area contributed by atoms with Crippen molar-refractivity contribution in [3.05, 3.63) is 124 Å². The van der Waals surface area contributed by atoms with E-state index in [1.165, 1.54) is 25.5 Å². The van der Waals surface area contributed by atoms with Crippen molar-refractivity contribution < 1.29 is 54.4 Å². The van der Waals surface area contributed by atoms with Crippen molar-refractivity contribution in [1.29, 1.82) is 0 Å². The Morgan fingerprint density at radius 3 is 1.39 bits per heavy atom. The van der Waals surface area contributed by atoms with E-state index in [4.69, 9.17) is 13.6 Å². The molecule has 0 amide bonds. The number of benzene rings is 4. The molecule has 364 valence electrons. The number of hydrogen-bond donors (Lipinski definition) is 8. The van der Waals surface area contributed by atoms with E-state index in [0.717, 1.165) is 41.2 Å². The van der Waals surface area contributed by atoms with Crippen LogP contribution in [-0.2, 0) is 25.7 Å². The van der Waals surface area contributed by atoms with Gasteiger partial charge in [-0.25, -0.2) is 0 Å². The van der Waals surface area contributed by atoms with E-state index in [0.29, 0.717) is 11.1 Å². The van der Waals surface area contributed by atoms with Crippen LogP contribution in [0.4, 0.5) is 0 Å². The molecule has 6 aromatic rings. The van der Waals surface area contributed by atoms with E-state index in [-0.39, 0.29) is 75.4 Å². The largest absolute Gasteiger partial charge is 0.507 e. The van der Waals surface area contributed by atoms with Gasteiger partial charge in [-0.05, 0) is 126 Å². The van der Waals surface area contributed by atoms with Gasteiger partial charge in [-0.15, -0.1) is 0 Å². The number of hydrogen-bond acceptors (Lipinski definition) is 13. The number of phenols is 7. The zero-order chi connectivity index (χ0) is 50.7. The Morgan fingerprint density at radius 1 is 0.522 bits per heavy atom. The van der Waals surface area contributed by atoms with Crippen LogP contribution in [0.1, 0.15) is 128 Å². The highest BCUT2D eigenvalue weighted by Gasteiger charge is 2.49. The molecule has 69 heavy (non-hydrogen) atoms. The lowest BCUT2D eigenvalue weighted by Gasteiger charge is -2.30. The van der Waals surface area contributed by atoms with Crippen LogP contribution in [0.25, 0.3) is 43.9 Å². The van der Waals surface area contributed by atoms with Crippen molar-refractivity contribution in [3.63, 3.8) is 0 Å². The Balaban J connectivity index is 1.59. The fourth-order valence-corrected chi connectivity index (χ4v) is 9.34. The van der Waals surface area contributed by atoms with Gasteiger partial charge in [0, 0.05) is 34.4 Å². The van der Waals surface area contributed by atoms with Gasteiger partial charge in [0.1, 0.15) is 51.0 Å². The van der Waals surface area contributed by atoms with Crippen LogP contribution >= 0.6 is 0 Å². The summed E-state index contributed by atoms with van der Waals surface area (Å²) >= 11 is 0. The summed E-state index contributed by atoms with van der Waals surface area (Å²) in [6.07, 6.45) is 10.3. The molecule has 2 atom stereocenters.